The standard InChI is InChI=1S/C55H32N6O2/c1-4-15-33(16-5-1)36-27-29-39-38-21-10-12-24-43(38)61(44(39)32-36)55-59-52(35-19-8-3-9-20-35)58-53(60-55)37-28-30-46-42(31-37)48-41(23-14-26-47(48)62-46)54-56-49(34-17-6-2-7-18-34)51-50(57-54)40-22-11-13-25-45(40)63-51/h1-32H. The highest BCUT2D eigenvalue weighted by atomic mass is 16.3. The molecule has 0 spiro atoms. The molecule has 8 nitrogen and oxygen atoms in total. The summed E-state index contributed by atoms with van der Waals surface area (Å²) in [4.78, 5) is 26.1. The van der Waals surface area contributed by atoms with Gasteiger partial charge in [0, 0.05) is 49.2 Å². The minimum atomic E-state index is 0.524. The Bertz CT molecular complexity index is 3910. The van der Waals surface area contributed by atoms with Crippen molar-refractivity contribution in [2.24, 2.45) is 0 Å². The number of aromatic nitrogens is 6. The quantitative estimate of drug-likeness (QED) is 0.165. The molecule has 5 heterocycles. The molecular formula is C55H32N6O2. The summed E-state index contributed by atoms with van der Waals surface area (Å²) in [6, 6.07) is 65.8. The van der Waals surface area contributed by atoms with Crippen molar-refractivity contribution in [2.45, 2.75) is 0 Å². The molecule has 13 aromatic rings. The van der Waals surface area contributed by atoms with Gasteiger partial charge in [-0.1, -0.05) is 146 Å². The van der Waals surface area contributed by atoms with Crippen molar-refractivity contribution >= 4 is 65.8 Å². The van der Waals surface area contributed by atoms with Crippen LogP contribution in [0.1, 0.15) is 0 Å². The van der Waals surface area contributed by atoms with E-state index in [2.05, 4.69) is 83.4 Å². The van der Waals surface area contributed by atoms with Crippen molar-refractivity contribution in [3.8, 4) is 62.5 Å². The Kier molecular flexibility index (Phi) is 7.74. The number of fused-ring (bicyclic) bond motifs is 9. The second-order valence-electron chi connectivity index (χ2n) is 15.6. The maximum absolute atomic E-state index is 6.55. The normalized spacial score (nSPS) is 11.8. The van der Waals surface area contributed by atoms with Crippen LogP contribution in [0, 0.1) is 0 Å². The van der Waals surface area contributed by atoms with Gasteiger partial charge in [-0.2, -0.15) is 9.97 Å². The number of hydrogen-bond acceptors (Lipinski definition) is 7. The van der Waals surface area contributed by atoms with E-state index in [-0.39, 0.29) is 0 Å². The van der Waals surface area contributed by atoms with E-state index in [0.717, 1.165) is 99.3 Å². The van der Waals surface area contributed by atoms with Crippen molar-refractivity contribution in [1.29, 1.82) is 0 Å². The average molecular weight is 809 g/mol. The summed E-state index contributed by atoms with van der Waals surface area (Å²) < 4.78 is 15.1. The fourth-order valence-electron chi connectivity index (χ4n) is 8.96. The lowest BCUT2D eigenvalue weighted by molar-refractivity contribution is 0.667. The summed E-state index contributed by atoms with van der Waals surface area (Å²) in [7, 11) is 0. The van der Waals surface area contributed by atoms with Crippen molar-refractivity contribution in [2.75, 3.05) is 0 Å². The monoisotopic (exact) mass is 808 g/mol. The molecule has 0 aliphatic heterocycles. The molecule has 63 heavy (non-hydrogen) atoms. The topological polar surface area (TPSA) is 95.7 Å². The zero-order chi connectivity index (χ0) is 41.4. The Hall–Kier alpha value is -8.75. The van der Waals surface area contributed by atoms with Crippen LogP contribution in [0.15, 0.2) is 203 Å². The Labute approximate surface area is 359 Å². The molecule has 8 heteroatoms. The number of rotatable bonds is 6. The number of furan rings is 2. The predicted octanol–water partition coefficient (Wildman–Crippen LogP) is 13.9. The molecule has 8 aromatic carbocycles. The maximum Gasteiger partial charge on any atom is 0.238 e. The first-order valence-corrected chi connectivity index (χ1v) is 20.8. The number of benzene rings is 8. The minimum absolute atomic E-state index is 0.524. The first-order chi connectivity index (χ1) is 31.2. The average Bonchev–Trinajstić information content (AvgIpc) is 4.03. The van der Waals surface area contributed by atoms with Crippen molar-refractivity contribution in [3.63, 3.8) is 0 Å². The van der Waals surface area contributed by atoms with Gasteiger partial charge >= 0.3 is 0 Å². The molecule has 0 radical (unpaired) electrons. The molecule has 0 aliphatic carbocycles. The van der Waals surface area contributed by atoms with Gasteiger partial charge in [0.25, 0.3) is 0 Å². The zero-order valence-corrected chi connectivity index (χ0v) is 33.5. The van der Waals surface area contributed by atoms with Crippen LogP contribution in [0.2, 0.25) is 0 Å². The summed E-state index contributed by atoms with van der Waals surface area (Å²) in [5, 5.41) is 4.96. The smallest absolute Gasteiger partial charge is 0.238 e. The van der Waals surface area contributed by atoms with Gasteiger partial charge in [-0.25, -0.2) is 15.0 Å². The molecule has 0 unspecified atom stereocenters. The van der Waals surface area contributed by atoms with Crippen LogP contribution in [0.25, 0.3) is 128 Å². The first-order valence-electron chi connectivity index (χ1n) is 20.8. The Morgan fingerprint density at radius 3 is 1.79 bits per heavy atom. The number of para-hydroxylation sites is 2. The third-order valence-electron chi connectivity index (χ3n) is 11.9. The molecule has 0 amide bonds. The second-order valence-corrected chi connectivity index (χ2v) is 15.6. The van der Waals surface area contributed by atoms with Gasteiger partial charge in [-0.05, 0) is 59.7 Å². The summed E-state index contributed by atoms with van der Waals surface area (Å²) in [6.07, 6.45) is 0. The zero-order valence-electron chi connectivity index (χ0n) is 33.5. The maximum atomic E-state index is 6.55. The molecule has 0 saturated carbocycles. The lowest BCUT2D eigenvalue weighted by Crippen LogP contribution is -2.06. The Morgan fingerprint density at radius 1 is 0.349 bits per heavy atom. The molecule has 13 rings (SSSR count). The molecular weight excluding hydrogens is 777 g/mol. The van der Waals surface area contributed by atoms with Crippen LogP contribution in [0.4, 0.5) is 0 Å². The molecule has 0 N–H and O–H groups in total. The third kappa shape index (κ3) is 5.66. The lowest BCUT2D eigenvalue weighted by atomic mass is 10.0. The van der Waals surface area contributed by atoms with Crippen LogP contribution in [0.5, 0.6) is 0 Å². The third-order valence-corrected chi connectivity index (χ3v) is 11.9. The van der Waals surface area contributed by atoms with Crippen molar-refractivity contribution in [1.82, 2.24) is 29.5 Å². The van der Waals surface area contributed by atoms with E-state index < -0.39 is 0 Å². The first kappa shape index (κ1) is 35.0. The van der Waals surface area contributed by atoms with Gasteiger partial charge < -0.3 is 8.83 Å². The summed E-state index contributed by atoms with van der Waals surface area (Å²) >= 11 is 0. The van der Waals surface area contributed by atoms with Crippen LogP contribution in [-0.2, 0) is 0 Å². The SMILES string of the molecule is c1ccc(-c2ccc3c4ccccc4n(-c4nc(-c5ccccc5)nc(-c5ccc6oc7cccc(-c8nc(-c9ccccc9)c9oc%10ccccc%10c9n8)c7c6c5)n4)c3c2)cc1. The minimum Gasteiger partial charge on any atom is -0.456 e. The molecule has 0 fully saturated rings. The van der Waals surface area contributed by atoms with E-state index >= 15 is 0 Å². The van der Waals surface area contributed by atoms with Crippen LogP contribution in [0.3, 0.4) is 0 Å². The van der Waals surface area contributed by atoms with E-state index in [1.165, 1.54) is 0 Å². The molecule has 294 valence electrons. The van der Waals surface area contributed by atoms with E-state index in [1.54, 1.807) is 0 Å². The fraction of sp³-hybridized carbons (Fsp3) is 0. The van der Waals surface area contributed by atoms with Gasteiger partial charge in [0.1, 0.15) is 28.0 Å². The van der Waals surface area contributed by atoms with E-state index in [0.29, 0.717) is 29.0 Å². The van der Waals surface area contributed by atoms with Crippen LogP contribution < -0.4 is 0 Å². The summed E-state index contributed by atoms with van der Waals surface area (Å²) in [5.41, 5.74) is 12.1. The largest absolute Gasteiger partial charge is 0.456 e. The summed E-state index contributed by atoms with van der Waals surface area (Å²) in [6.45, 7) is 0. The van der Waals surface area contributed by atoms with E-state index in [1.807, 2.05) is 115 Å². The van der Waals surface area contributed by atoms with Crippen LogP contribution >= 0.6 is 0 Å². The van der Waals surface area contributed by atoms with Gasteiger partial charge in [-0.3, -0.25) is 4.57 Å². The number of hydrogen-bond donors (Lipinski definition) is 0. The van der Waals surface area contributed by atoms with Gasteiger partial charge in [-0.15, -0.1) is 0 Å². The molecule has 0 bridgehead atoms. The molecule has 0 aliphatic rings. The van der Waals surface area contributed by atoms with Crippen molar-refractivity contribution < 1.29 is 8.83 Å². The fourth-order valence-corrected chi connectivity index (χ4v) is 8.96. The highest BCUT2D eigenvalue weighted by Gasteiger charge is 2.23. The highest BCUT2D eigenvalue weighted by Crippen LogP contribution is 2.41. The summed E-state index contributed by atoms with van der Waals surface area (Å²) in [5.74, 6) is 2.20. The predicted molar refractivity (Wildman–Crippen MR) is 251 cm³/mol. The molecule has 5 aromatic heterocycles. The highest BCUT2D eigenvalue weighted by molar-refractivity contribution is 6.14. The van der Waals surface area contributed by atoms with E-state index in [9.17, 15) is 0 Å². The Morgan fingerprint density at radius 2 is 0.984 bits per heavy atom. The van der Waals surface area contributed by atoms with Crippen LogP contribution in [-0.4, -0.2) is 29.5 Å². The lowest BCUT2D eigenvalue weighted by Gasteiger charge is -2.11. The van der Waals surface area contributed by atoms with Gasteiger partial charge in [0.15, 0.2) is 23.1 Å². The van der Waals surface area contributed by atoms with Gasteiger partial charge in [0.2, 0.25) is 5.95 Å². The van der Waals surface area contributed by atoms with E-state index in [4.69, 9.17) is 33.8 Å². The second kappa shape index (κ2) is 13.9. The number of nitrogens with zero attached hydrogens (tertiary/aromatic N) is 6. The Balaban J connectivity index is 1.04. The molecule has 0 atom stereocenters. The van der Waals surface area contributed by atoms with Crippen molar-refractivity contribution in [3.05, 3.63) is 194 Å². The van der Waals surface area contributed by atoms with Gasteiger partial charge in [0.05, 0.1) is 11.0 Å². The molecule has 0 saturated heterocycles.